The summed E-state index contributed by atoms with van der Waals surface area (Å²) in [6.45, 7) is 2.65. The molecule has 132 valence electrons. The lowest BCUT2D eigenvalue weighted by molar-refractivity contribution is -0.120. The topological polar surface area (TPSA) is 58.2 Å². The van der Waals surface area contributed by atoms with E-state index in [2.05, 4.69) is 10.6 Å². The molecule has 2 amide bonds. The van der Waals surface area contributed by atoms with Crippen LogP contribution in [0.25, 0.3) is 0 Å². The van der Waals surface area contributed by atoms with Gasteiger partial charge in [-0.1, -0.05) is 47.5 Å². The van der Waals surface area contributed by atoms with Gasteiger partial charge in [-0.2, -0.15) is 0 Å². The molecule has 4 nitrogen and oxygen atoms in total. The van der Waals surface area contributed by atoms with E-state index in [9.17, 15) is 9.59 Å². The van der Waals surface area contributed by atoms with Crippen molar-refractivity contribution in [3.63, 3.8) is 0 Å². The van der Waals surface area contributed by atoms with Crippen molar-refractivity contribution in [3.05, 3.63) is 69.2 Å². The first-order valence-electron chi connectivity index (χ1n) is 8.02. The molecular weight excluding hydrogens is 359 g/mol. The lowest BCUT2D eigenvalue weighted by Crippen LogP contribution is -2.31. The van der Waals surface area contributed by atoms with Crippen molar-refractivity contribution in [2.75, 3.05) is 13.1 Å². The third-order valence-electron chi connectivity index (χ3n) is 3.76. The van der Waals surface area contributed by atoms with Gasteiger partial charge in [0.2, 0.25) is 5.91 Å². The molecule has 2 N–H and O–H groups in total. The standard InChI is InChI=1S/C19H20Cl2N2O2/c1-13-4-2-3-5-16(13)19(25)23-11-9-18(24)22-10-8-14-6-7-15(20)12-17(14)21/h2-7,12H,8-11H2,1H3,(H,22,24)(H,23,25). The third-order valence-corrected chi connectivity index (χ3v) is 4.35. The van der Waals surface area contributed by atoms with E-state index in [4.69, 9.17) is 23.2 Å². The SMILES string of the molecule is Cc1ccccc1C(=O)NCCC(=O)NCCc1ccc(Cl)cc1Cl. The van der Waals surface area contributed by atoms with E-state index in [1.54, 1.807) is 18.2 Å². The zero-order valence-electron chi connectivity index (χ0n) is 13.9. The monoisotopic (exact) mass is 378 g/mol. The van der Waals surface area contributed by atoms with Gasteiger partial charge in [0.15, 0.2) is 0 Å². The van der Waals surface area contributed by atoms with E-state index >= 15 is 0 Å². The van der Waals surface area contributed by atoms with Crippen LogP contribution in [-0.2, 0) is 11.2 Å². The van der Waals surface area contributed by atoms with Crippen LogP contribution in [0.3, 0.4) is 0 Å². The average Bonchev–Trinajstić information content (AvgIpc) is 2.57. The maximum Gasteiger partial charge on any atom is 0.251 e. The smallest absolute Gasteiger partial charge is 0.251 e. The van der Waals surface area contributed by atoms with Gasteiger partial charge in [0.05, 0.1) is 0 Å². The predicted molar refractivity (Wildman–Crippen MR) is 101 cm³/mol. The van der Waals surface area contributed by atoms with E-state index in [1.807, 2.05) is 31.2 Å². The number of hydrogen-bond donors (Lipinski definition) is 2. The number of rotatable bonds is 7. The fourth-order valence-electron chi connectivity index (χ4n) is 2.36. The van der Waals surface area contributed by atoms with E-state index in [-0.39, 0.29) is 18.2 Å². The summed E-state index contributed by atoms with van der Waals surface area (Å²) in [7, 11) is 0. The van der Waals surface area contributed by atoms with Crippen molar-refractivity contribution < 1.29 is 9.59 Å². The number of carbonyl (C=O) groups is 2. The maximum atomic E-state index is 12.0. The molecule has 0 spiro atoms. The molecule has 0 aliphatic heterocycles. The Morgan fingerprint density at radius 1 is 1.00 bits per heavy atom. The molecule has 0 radical (unpaired) electrons. The molecular formula is C19H20Cl2N2O2. The molecule has 0 saturated carbocycles. The summed E-state index contributed by atoms with van der Waals surface area (Å²) in [5.41, 5.74) is 2.46. The number of carbonyl (C=O) groups excluding carboxylic acids is 2. The van der Waals surface area contributed by atoms with Crippen LogP contribution in [0, 0.1) is 6.92 Å². The third kappa shape index (κ3) is 6.07. The summed E-state index contributed by atoms with van der Waals surface area (Å²) >= 11 is 11.9. The fourth-order valence-corrected chi connectivity index (χ4v) is 2.86. The molecule has 0 bridgehead atoms. The van der Waals surface area contributed by atoms with Crippen molar-refractivity contribution in [2.24, 2.45) is 0 Å². The molecule has 0 unspecified atom stereocenters. The number of amides is 2. The van der Waals surface area contributed by atoms with E-state index < -0.39 is 0 Å². The molecule has 0 atom stereocenters. The van der Waals surface area contributed by atoms with Crippen LogP contribution in [-0.4, -0.2) is 24.9 Å². The van der Waals surface area contributed by atoms with Crippen molar-refractivity contribution in [3.8, 4) is 0 Å². The largest absolute Gasteiger partial charge is 0.356 e. The average molecular weight is 379 g/mol. The predicted octanol–water partition coefficient (Wildman–Crippen LogP) is 3.78. The summed E-state index contributed by atoms with van der Waals surface area (Å²) in [6.07, 6.45) is 0.850. The van der Waals surface area contributed by atoms with E-state index in [1.165, 1.54) is 0 Å². The van der Waals surface area contributed by atoms with Gasteiger partial charge in [-0.25, -0.2) is 0 Å². The zero-order valence-corrected chi connectivity index (χ0v) is 15.5. The summed E-state index contributed by atoms with van der Waals surface area (Å²) < 4.78 is 0. The summed E-state index contributed by atoms with van der Waals surface area (Å²) in [6, 6.07) is 12.6. The second-order valence-corrected chi connectivity index (χ2v) is 6.50. The van der Waals surface area contributed by atoms with Gasteiger partial charge in [0.1, 0.15) is 0 Å². The van der Waals surface area contributed by atoms with Crippen LogP contribution in [0.5, 0.6) is 0 Å². The Kier molecular flexibility index (Phi) is 7.29. The Bertz CT molecular complexity index is 763. The summed E-state index contributed by atoms with van der Waals surface area (Å²) in [5.74, 6) is -0.283. The minimum absolute atomic E-state index is 0.116. The van der Waals surface area contributed by atoms with Gasteiger partial charge in [-0.3, -0.25) is 9.59 Å². The molecule has 25 heavy (non-hydrogen) atoms. The molecule has 0 aliphatic carbocycles. The van der Waals surface area contributed by atoms with Crippen molar-refractivity contribution in [1.29, 1.82) is 0 Å². The Balaban J connectivity index is 1.69. The van der Waals surface area contributed by atoms with Crippen LogP contribution in [0.2, 0.25) is 10.0 Å². The normalized spacial score (nSPS) is 10.4. The van der Waals surface area contributed by atoms with Crippen molar-refractivity contribution >= 4 is 35.0 Å². The molecule has 0 saturated heterocycles. The quantitative estimate of drug-likeness (QED) is 0.769. The minimum atomic E-state index is -0.168. The Morgan fingerprint density at radius 3 is 2.48 bits per heavy atom. The van der Waals surface area contributed by atoms with Gasteiger partial charge >= 0.3 is 0 Å². The van der Waals surface area contributed by atoms with Gasteiger partial charge in [0.25, 0.3) is 5.91 Å². The first kappa shape index (κ1) is 19.3. The molecule has 2 aromatic carbocycles. The number of nitrogens with one attached hydrogen (secondary N) is 2. The Hall–Kier alpha value is -2.04. The van der Waals surface area contributed by atoms with Crippen LogP contribution in [0.15, 0.2) is 42.5 Å². The second kappa shape index (κ2) is 9.44. The molecule has 0 aliphatic rings. The lowest BCUT2D eigenvalue weighted by Gasteiger charge is -2.09. The van der Waals surface area contributed by atoms with Crippen LogP contribution >= 0.6 is 23.2 Å². The first-order chi connectivity index (χ1) is 12.0. The number of halogens is 2. The van der Waals surface area contributed by atoms with Crippen LogP contribution in [0.1, 0.15) is 27.9 Å². The lowest BCUT2D eigenvalue weighted by atomic mass is 10.1. The molecule has 2 rings (SSSR count). The fraction of sp³-hybridized carbons (Fsp3) is 0.263. The Morgan fingerprint density at radius 2 is 1.76 bits per heavy atom. The van der Waals surface area contributed by atoms with E-state index in [0.29, 0.717) is 35.1 Å². The van der Waals surface area contributed by atoms with Crippen molar-refractivity contribution in [2.45, 2.75) is 19.8 Å². The highest BCUT2D eigenvalue weighted by Gasteiger charge is 2.09. The highest BCUT2D eigenvalue weighted by atomic mass is 35.5. The number of benzene rings is 2. The summed E-state index contributed by atoms with van der Waals surface area (Å²) in [4.78, 5) is 23.9. The summed E-state index contributed by atoms with van der Waals surface area (Å²) in [5, 5.41) is 6.75. The van der Waals surface area contributed by atoms with Crippen LogP contribution in [0.4, 0.5) is 0 Å². The van der Waals surface area contributed by atoms with Crippen molar-refractivity contribution in [1.82, 2.24) is 10.6 Å². The molecule has 0 fully saturated rings. The maximum absolute atomic E-state index is 12.0. The second-order valence-electron chi connectivity index (χ2n) is 5.66. The Labute approximate surface area is 157 Å². The first-order valence-corrected chi connectivity index (χ1v) is 8.77. The molecule has 6 heteroatoms. The number of aryl methyl sites for hydroxylation is 1. The van der Waals surface area contributed by atoms with Gasteiger partial charge in [-0.15, -0.1) is 0 Å². The van der Waals surface area contributed by atoms with Gasteiger partial charge in [-0.05, 0) is 42.7 Å². The molecule has 0 aromatic heterocycles. The highest BCUT2D eigenvalue weighted by molar-refractivity contribution is 6.35. The zero-order chi connectivity index (χ0) is 18.2. The minimum Gasteiger partial charge on any atom is -0.356 e. The van der Waals surface area contributed by atoms with Gasteiger partial charge < -0.3 is 10.6 Å². The molecule has 2 aromatic rings. The molecule has 0 heterocycles. The van der Waals surface area contributed by atoms with Crippen LogP contribution < -0.4 is 10.6 Å². The van der Waals surface area contributed by atoms with E-state index in [0.717, 1.165) is 11.1 Å². The van der Waals surface area contributed by atoms with Gasteiger partial charge in [0, 0.05) is 35.1 Å². The number of hydrogen-bond acceptors (Lipinski definition) is 2. The highest BCUT2D eigenvalue weighted by Crippen LogP contribution is 2.21.